The van der Waals surface area contributed by atoms with Crippen LogP contribution in [0.2, 0.25) is 0 Å². The van der Waals surface area contributed by atoms with E-state index in [0.717, 1.165) is 35.7 Å². The van der Waals surface area contributed by atoms with E-state index in [1.54, 1.807) is 0 Å². The highest BCUT2D eigenvalue weighted by molar-refractivity contribution is 7.11. The van der Waals surface area contributed by atoms with Crippen molar-refractivity contribution in [3.05, 3.63) is 10.0 Å². The third-order valence-corrected chi connectivity index (χ3v) is 5.63. The quantitative estimate of drug-likeness (QED) is 0.769. The number of rotatable bonds is 5. The van der Waals surface area contributed by atoms with Crippen molar-refractivity contribution in [2.45, 2.75) is 65.5 Å². The Morgan fingerprint density at radius 1 is 1.35 bits per heavy atom. The molecule has 23 heavy (non-hydrogen) atoms. The lowest BCUT2D eigenvalue weighted by molar-refractivity contribution is -0.0269. The van der Waals surface area contributed by atoms with Crippen molar-refractivity contribution >= 4 is 17.4 Å². The zero-order valence-electron chi connectivity index (χ0n) is 14.5. The van der Waals surface area contributed by atoms with Crippen LogP contribution in [0.3, 0.4) is 0 Å². The minimum Gasteiger partial charge on any atom is -0.388 e. The van der Waals surface area contributed by atoms with E-state index in [1.165, 1.54) is 11.3 Å². The molecule has 0 aliphatic heterocycles. The van der Waals surface area contributed by atoms with Gasteiger partial charge in [0.2, 0.25) is 0 Å². The number of hydrogen-bond acceptors (Lipinski definition) is 5. The Labute approximate surface area is 142 Å². The maximum absolute atomic E-state index is 11.9. The average molecular weight is 340 g/mol. The standard InChI is InChI=1S/C16H28N4O2S/c1-11-19-20-13(23-11)9-17-14(21)18-10-16(4,22)12-5-7-15(2,3)8-6-12/h12,22H,5-10H2,1-4H3,(H2,17,18,21). The van der Waals surface area contributed by atoms with Crippen LogP contribution in [0, 0.1) is 18.3 Å². The zero-order valence-corrected chi connectivity index (χ0v) is 15.3. The Morgan fingerprint density at radius 3 is 2.57 bits per heavy atom. The molecule has 1 fully saturated rings. The first kappa shape index (κ1) is 18.1. The van der Waals surface area contributed by atoms with Crippen molar-refractivity contribution in [1.82, 2.24) is 20.8 Å². The fourth-order valence-corrected chi connectivity index (χ4v) is 3.70. The molecule has 1 unspecified atom stereocenters. The molecule has 0 bridgehead atoms. The van der Waals surface area contributed by atoms with Crippen LogP contribution in [0.25, 0.3) is 0 Å². The third kappa shape index (κ3) is 5.42. The van der Waals surface area contributed by atoms with Gasteiger partial charge in [-0.3, -0.25) is 0 Å². The van der Waals surface area contributed by atoms with Gasteiger partial charge in [-0.05, 0) is 50.9 Å². The number of hydrogen-bond donors (Lipinski definition) is 3. The summed E-state index contributed by atoms with van der Waals surface area (Å²) in [6, 6.07) is -0.283. The Balaban J connectivity index is 1.74. The summed E-state index contributed by atoms with van der Waals surface area (Å²) in [6.07, 6.45) is 4.26. The first-order valence-electron chi connectivity index (χ1n) is 8.21. The van der Waals surface area contributed by atoms with E-state index >= 15 is 0 Å². The molecule has 1 aromatic rings. The minimum absolute atomic E-state index is 0.238. The molecule has 0 radical (unpaired) electrons. The third-order valence-electron chi connectivity index (χ3n) is 4.79. The number of aryl methyl sites for hydroxylation is 1. The highest BCUT2D eigenvalue weighted by Gasteiger charge is 2.37. The van der Waals surface area contributed by atoms with Gasteiger partial charge in [-0.25, -0.2) is 4.79 Å². The maximum atomic E-state index is 11.9. The van der Waals surface area contributed by atoms with Crippen molar-refractivity contribution in [2.24, 2.45) is 11.3 Å². The summed E-state index contributed by atoms with van der Waals surface area (Å²) in [7, 11) is 0. The number of aromatic nitrogens is 2. The average Bonchev–Trinajstić information content (AvgIpc) is 2.88. The van der Waals surface area contributed by atoms with Crippen LogP contribution in [0.15, 0.2) is 0 Å². The van der Waals surface area contributed by atoms with Gasteiger partial charge >= 0.3 is 6.03 Å². The second kappa shape index (κ2) is 7.13. The normalized spacial score (nSPS) is 20.7. The molecular formula is C16H28N4O2S. The number of urea groups is 1. The summed E-state index contributed by atoms with van der Waals surface area (Å²) < 4.78 is 0. The van der Waals surface area contributed by atoms with E-state index in [9.17, 15) is 9.90 Å². The molecule has 7 heteroatoms. The van der Waals surface area contributed by atoms with Crippen LogP contribution in [0.4, 0.5) is 4.79 Å². The Bertz CT molecular complexity index is 532. The van der Waals surface area contributed by atoms with Crippen LogP contribution >= 0.6 is 11.3 Å². The number of amides is 2. The number of nitrogens with zero attached hydrogens (tertiary/aromatic N) is 2. The van der Waals surface area contributed by atoms with Gasteiger partial charge in [-0.15, -0.1) is 10.2 Å². The SMILES string of the molecule is Cc1nnc(CNC(=O)NCC(C)(O)C2CCC(C)(C)CC2)s1. The van der Waals surface area contributed by atoms with Gasteiger partial charge in [-0.1, -0.05) is 25.2 Å². The van der Waals surface area contributed by atoms with E-state index in [-0.39, 0.29) is 18.5 Å². The molecule has 0 aromatic carbocycles. The molecule has 1 saturated carbocycles. The fourth-order valence-electron chi connectivity index (χ4n) is 3.05. The van der Waals surface area contributed by atoms with Gasteiger partial charge in [-0.2, -0.15) is 0 Å². The molecule has 6 nitrogen and oxygen atoms in total. The zero-order chi connectivity index (χ0) is 17.1. The summed E-state index contributed by atoms with van der Waals surface area (Å²) in [5, 5.41) is 25.7. The molecule has 1 aliphatic rings. The smallest absolute Gasteiger partial charge is 0.315 e. The molecule has 1 aromatic heterocycles. The highest BCUT2D eigenvalue weighted by atomic mass is 32.1. The van der Waals surface area contributed by atoms with Crippen LogP contribution < -0.4 is 10.6 Å². The van der Waals surface area contributed by atoms with Crippen molar-refractivity contribution in [1.29, 1.82) is 0 Å². The van der Waals surface area contributed by atoms with E-state index in [2.05, 4.69) is 34.7 Å². The van der Waals surface area contributed by atoms with Crippen LogP contribution in [-0.4, -0.2) is 33.5 Å². The van der Waals surface area contributed by atoms with Gasteiger partial charge in [0.05, 0.1) is 12.1 Å². The van der Waals surface area contributed by atoms with Gasteiger partial charge < -0.3 is 15.7 Å². The van der Waals surface area contributed by atoms with Crippen LogP contribution in [-0.2, 0) is 6.54 Å². The van der Waals surface area contributed by atoms with E-state index < -0.39 is 5.60 Å². The molecule has 1 aliphatic carbocycles. The summed E-state index contributed by atoms with van der Waals surface area (Å²) in [5.41, 5.74) is -0.496. The summed E-state index contributed by atoms with van der Waals surface area (Å²) in [6.45, 7) is 8.88. The molecular weight excluding hydrogens is 312 g/mol. The molecule has 0 spiro atoms. The lowest BCUT2D eigenvalue weighted by Crippen LogP contribution is -2.49. The minimum atomic E-state index is -0.868. The Kier molecular flexibility index (Phi) is 5.62. The van der Waals surface area contributed by atoms with E-state index in [1.807, 2.05) is 13.8 Å². The number of carbonyl (C=O) groups is 1. The van der Waals surface area contributed by atoms with Gasteiger partial charge in [0.25, 0.3) is 0 Å². The predicted octanol–water partition coefficient (Wildman–Crippen LogP) is 2.61. The van der Waals surface area contributed by atoms with Crippen LogP contribution in [0.5, 0.6) is 0 Å². The summed E-state index contributed by atoms with van der Waals surface area (Å²) in [5.74, 6) is 0.238. The molecule has 2 rings (SSSR count). The van der Waals surface area contributed by atoms with Gasteiger partial charge in [0, 0.05) is 6.54 Å². The second-order valence-corrected chi connectivity index (χ2v) is 8.81. The lowest BCUT2D eigenvalue weighted by atomic mass is 9.68. The topological polar surface area (TPSA) is 87.1 Å². The number of carbonyl (C=O) groups excluding carboxylic acids is 1. The fraction of sp³-hybridized carbons (Fsp3) is 0.812. The van der Waals surface area contributed by atoms with Gasteiger partial charge in [0.1, 0.15) is 10.0 Å². The molecule has 2 amide bonds. The Hall–Kier alpha value is -1.21. The monoisotopic (exact) mass is 340 g/mol. The van der Waals surface area contributed by atoms with Crippen molar-refractivity contribution in [2.75, 3.05) is 6.54 Å². The molecule has 130 valence electrons. The molecule has 0 saturated heterocycles. The van der Waals surface area contributed by atoms with Crippen molar-refractivity contribution < 1.29 is 9.90 Å². The predicted molar refractivity (Wildman–Crippen MR) is 91.2 cm³/mol. The molecule has 1 heterocycles. The van der Waals surface area contributed by atoms with Gasteiger partial charge in [0.15, 0.2) is 0 Å². The van der Waals surface area contributed by atoms with Crippen molar-refractivity contribution in [3.63, 3.8) is 0 Å². The van der Waals surface area contributed by atoms with E-state index in [0.29, 0.717) is 12.0 Å². The largest absolute Gasteiger partial charge is 0.388 e. The highest BCUT2D eigenvalue weighted by Crippen LogP contribution is 2.41. The molecule has 1 atom stereocenters. The number of nitrogens with one attached hydrogen (secondary N) is 2. The second-order valence-electron chi connectivity index (χ2n) is 7.55. The number of aliphatic hydroxyl groups is 1. The van der Waals surface area contributed by atoms with Crippen molar-refractivity contribution in [3.8, 4) is 0 Å². The first-order chi connectivity index (χ1) is 10.7. The lowest BCUT2D eigenvalue weighted by Gasteiger charge is -2.41. The first-order valence-corrected chi connectivity index (χ1v) is 9.03. The van der Waals surface area contributed by atoms with E-state index in [4.69, 9.17) is 0 Å². The maximum Gasteiger partial charge on any atom is 0.315 e. The Morgan fingerprint density at radius 2 is 2.00 bits per heavy atom. The summed E-state index contributed by atoms with van der Waals surface area (Å²) >= 11 is 1.46. The molecule has 3 N–H and O–H groups in total. The summed E-state index contributed by atoms with van der Waals surface area (Å²) in [4.78, 5) is 11.9. The van der Waals surface area contributed by atoms with Crippen LogP contribution in [0.1, 0.15) is 56.5 Å².